The van der Waals surface area contributed by atoms with Gasteiger partial charge in [0, 0.05) is 38.5 Å². The van der Waals surface area contributed by atoms with E-state index >= 15 is 0 Å². The fraction of sp³-hybridized carbons (Fsp3) is 0.688. The highest BCUT2D eigenvalue weighted by atomic mass is 16.2. The molecule has 1 amide bonds. The van der Waals surface area contributed by atoms with Crippen molar-refractivity contribution in [3.8, 4) is 0 Å². The Balaban J connectivity index is 1.67. The molecule has 1 saturated heterocycles. The van der Waals surface area contributed by atoms with Crippen molar-refractivity contribution in [2.24, 2.45) is 7.05 Å². The van der Waals surface area contributed by atoms with Crippen LogP contribution >= 0.6 is 0 Å². The Kier molecular flexibility index (Phi) is 4.18. The van der Waals surface area contributed by atoms with Gasteiger partial charge >= 0.3 is 5.69 Å². The number of likely N-dealkylation sites (tertiary alicyclic amines) is 1. The Hall–Kier alpha value is -1.85. The molecule has 0 aromatic carbocycles. The molecular formula is C16H24N4O2. The average molecular weight is 304 g/mol. The van der Waals surface area contributed by atoms with Gasteiger partial charge < -0.3 is 4.90 Å². The number of aryl methyl sites for hydroxylation is 1. The second-order valence-electron chi connectivity index (χ2n) is 6.35. The summed E-state index contributed by atoms with van der Waals surface area (Å²) >= 11 is 0. The van der Waals surface area contributed by atoms with E-state index in [2.05, 4.69) is 11.7 Å². The van der Waals surface area contributed by atoms with E-state index in [-0.39, 0.29) is 17.5 Å². The molecule has 0 atom stereocenters. The highest BCUT2D eigenvalue weighted by Gasteiger charge is 2.34. The normalized spacial score (nSPS) is 19.4. The number of aromatic nitrogens is 3. The van der Waals surface area contributed by atoms with Crippen LogP contribution in [0.5, 0.6) is 0 Å². The van der Waals surface area contributed by atoms with Crippen LogP contribution in [0.15, 0.2) is 17.4 Å². The summed E-state index contributed by atoms with van der Waals surface area (Å²) in [5, 5.41) is 4.47. The van der Waals surface area contributed by atoms with Crippen molar-refractivity contribution >= 4 is 5.91 Å². The number of carbonyl (C=O) groups is 1. The number of hydrogen-bond acceptors (Lipinski definition) is 3. The number of amides is 1. The van der Waals surface area contributed by atoms with Gasteiger partial charge in [-0.05, 0) is 32.1 Å². The molecule has 6 nitrogen and oxygen atoms in total. The summed E-state index contributed by atoms with van der Waals surface area (Å²) in [6, 6.07) is 0.350. The van der Waals surface area contributed by atoms with Gasteiger partial charge in [-0.3, -0.25) is 9.36 Å². The Labute approximate surface area is 130 Å². The number of nitrogens with zero attached hydrogens (tertiary/aromatic N) is 4. The lowest BCUT2D eigenvalue weighted by atomic mass is 9.95. The fourth-order valence-electron chi connectivity index (χ4n) is 3.22. The summed E-state index contributed by atoms with van der Waals surface area (Å²) in [7, 11) is 1.72. The maximum absolute atomic E-state index is 12.2. The van der Waals surface area contributed by atoms with Crippen LogP contribution in [0.1, 0.15) is 56.3 Å². The van der Waals surface area contributed by atoms with E-state index in [0.717, 1.165) is 51.0 Å². The average Bonchev–Trinajstić information content (AvgIpc) is 3.32. The molecule has 2 aliphatic rings. The molecule has 0 unspecified atom stereocenters. The van der Waals surface area contributed by atoms with Crippen molar-refractivity contribution < 1.29 is 4.79 Å². The molecule has 22 heavy (non-hydrogen) atoms. The van der Waals surface area contributed by atoms with Gasteiger partial charge in [0.15, 0.2) is 0 Å². The zero-order chi connectivity index (χ0) is 15.7. The maximum atomic E-state index is 12.2. The van der Waals surface area contributed by atoms with Gasteiger partial charge in [0.25, 0.3) is 0 Å². The van der Waals surface area contributed by atoms with Crippen LogP contribution in [-0.2, 0) is 11.8 Å². The predicted octanol–water partition coefficient (Wildman–Crippen LogP) is 1.59. The minimum Gasteiger partial charge on any atom is -0.343 e. The molecule has 2 fully saturated rings. The number of piperidine rings is 1. The third kappa shape index (κ3) is 2.87. The van der Waals surface area contributed by atoms with E-state index in [1.54, 1.807) is 13.1 Å². The van der Waals surface area contributed by atoms with Crippen molar-refractivity contribution in [2.75, 3.05) is 13.1 Å². The monoisotopic (exact) mass is 304 g/mol. The molecule has 1 aliphatic carbocycles. The Bertz CT molecular complexity index is 619. The van der Waals surface area contributed by atoms with Crippen LogP contribution in [0.3, 0.4) is 0 Å². The zero-order valence-corrected chi connectivity index (χ0v) is 13.2. The summed E-state index contributed by atoms with van der Waals surface area (Å²) < 4.78 is 3.34. The number of carbonyl (C=O) groups excluding carboxylic acids is 1. The largest absolute Gasteiger partial charge is 0.345 e. The lowest BCUT2D eigenvalue weighted by Gasteiger charge is -2.31. The zero-order valence-electron chi connectivity index (χ0n) is 13.2. The van der Waals surface area contributed by atoms with Gasteiger partial charge in [-0.2, -0.15) is 5.10 Å². The van der Waals surface area contributed by atoms with Gasteiger partial charge in [0.2, 0.25) is 5.91 Å². The van der Waals surface area contributed by atoms with Crippen molar-refractivity contribution in [1.82, 2.24) is 19.2 Å². The first-order valence-corrected chi connectivity index (χ1v) is 8.16. The van der Waals surface area contributed by atoms with Gasteiger partial charge in [0.1, 0.15) is 5.82 Å². The van der Waals surface area contributed by atoms with Crippen LogP contribution in [0.2, 0.25) is 0 Å². The van der Waals surface area contributed by atoms with Crippen LogP contribution in [0.4, 0.5) is 0 Å². The molecular weight excluding hydrogens is 280 g/mol. The molecule has 0 radical (unpaired) electrons. The molecule has 2 heterocycles. The molecule has 1 aliphatic heterocycles. The molecule has 0 spiro atoms. The third-order valence-corrected chi connectivity index (χ3v) is 4.67. The van der Waals surface area contributed by atoms with Crippen molar-refractivity contribution in [3.05, 3.63) is 29.0 Å². The standard InChI is InChI=1S/C16H24N4O2/c1-3-4-5-14(21)19-10-8-12(9-11-19)15-17-18(2)16(22)20(15)13-6-7-13/h3,12-13H,1,4-11H2,2H3. The molecule has 1 saturated carbocycles. The number of rotatable bonds is 5. The number of hydrogen-bond donors (Lipinski definition) is 0. The second kappa shape index (κ2) is 6.10. The smallest absolute Gasteiger partial charge is 0.343 e. The summed E-state index contributed by atoms with van der Waals surface area (Å²) in [6.45, 7) is 5.18. The summed E-state index contributed by atoms with van der Waals surface area (Å²) in [5.41, 5.74) is 0.00184. The first kappa shape index (κ1) is 15.1. The van der Waals surface area contributed by atoms with E-state index in [4.69, 9.17) is 0 Å². The molecule has 0 N–H and O–H groups in total. The fourth-order valence-corrected chi connectivity index (χ4v) is 3.22. The quantitative estimate of drug-likeness (QED) is 0.776. The summed E-state index contributed by atoms with van der Waals surface area (Å²) in [6.07, 6.45) is 7.01. The molecule has 6 heteroatoms. The Morgan fingerprint density at radius 1 is 1.32 bits per heavy atom. The summed E-state index contributed by atoms with van der Waals surface area (Å²) in [4.78, 5) is 26.2. The lowest BCUT2D eigenvalue weighted by Crippen LogP contribution is -2.38. The molecule has 1 aromatic rings. The third-order valence-electron chi connectivity index (χ3n) is 4.67. The molecule has 3 rings (SSSR count). The highest BCUT2D eigenvalue weighted by Crippen LogP contribution is 2.37. The van der Waals surface area contributed by atoms with Crippen molar-refractivity contribution in [1.29, 1.82) is 0 Å². The molecule has 0 bridgehead atoms. The maximum Gasteiger partial charge on any atom is 0.345 e. The second-order valence-corrected chi connectivity index (χ2v) is 6.35. The Morgan fingerprint density at radius 3 is 2.59 bits per heavy atom. The van der Waals surface area contributed by atoms with Crippen molar-refractivity contribution in [2.45, 2.75) is 50.5 Å². The molecule has 1 aromatic heterocycles. The van der Waals surface area contributed by atoms with E-state index in [1.807, 2.05) is 9.47 Å². The van der Waals surface area contributed by atoms with Gasteiger partial charge in [-0.25, -0.2) is 9.48 Å². The van der Waals surface area contributed by atoms with Crippen molar-refractivity contribution in [3.63, 3.8) is 0 Å². The molecule has 120 valence electrons. The van der Waals surface area contributed by atoms with Crippen LogP contribution in [-0.4, -0.2) is 38.2 Å². The first-order chi connectivity index (χ1) is 10.6. The van der Waals surface area contributed by atoms with E-state index in [9.17, 15) is 9.59 Å². The van der Waals surface area contributed by atoms with Gasteiger partial charge in [-0.15, -0.1) is 6.58 Å². The summed E-state index contributed by atoms with van der Waals surface area (Å²) in [5.74, 6) is 1.42. The van der Waals surface area contributed by atoms with Gasteiger partial charge in [-0.1, -0.05) is 6.08 Å². The SMILES string of the molecule is C=CCCC(=O)N1CCC(c2nn(C)c(=O)n2C2CC2)CC1. The predicted molar refractivity (Wildman–Crippen MR) is 83.7 cm³/mol. The highest BCUT2D eigenvalue weighted by molar-refractivity contribution is 5.76. The van der Waals surface area contributed by atoms with Crippen LogP contribution in [0, 0.1) is 0 Å². The van der Waals surface area contributed by atoms with E-state index < -0.39 is 0 Å². The van der Waals surface area contributed by atoms with E-state index in [1.165, 1.54) is 4.68 Å². The minimum absolute atomic E-state index is 0.00184. The van der Waals surface area contributed by atoms with Crippen LogP contribution < -0.4 is 5.69 Å². The lowest BCUT2D eigenvalue weighted by molar-refractivity contribution is -0.132. The van der Waals surface area contributed by atoms with Gasteiger partial charge in [0.05, 0.1) is 0 Å². The minimum atomic E-state index is 0.00184. The topological polar surface area (TPSA) is 60.1 Å². The number of allylic oxidation sites excluding steroid dienone is 1. The first-order valence-electron chi connectivity index (χ1n) is 8.16. The Morgan fingerprint density at radius 2 is 2.00 bits per heavy atom. The van der Waals surface area contributed by atoms with Crippen LogP contribution in [0.25, 0.3) is 0 Å². The van der Waals surface area contributed by atoms with E-state index in [0.29, 0.717) is 12.5 Å².